The van der Waals surface area contributed by atoms with Gasteiger partial charge >= 0.3 is 5.97 Å². The minimum absolute atomic E-state index is 0.112. The van der Waals surface area contributed by atoms with Crippen LogP contribution in [0.1, 0.15) is 46.0 Å². The Hall–Kier alpha value is -0.860. The molecule has 1 rings (SSSR count). The molecule has 1 saturated carbocycles. The normalized spacial score (nSPS) is 30.1. The third kappa shape index (κ3) is 2.14. The van der Waals surface area contributed by atoms with Crippen LogP contribution in [0, 0.1) is 10.8 Å². The summed E-state index contributed by atoms with van der Waals surface area (Å²) in [5, 5.41) is 9.21. The van der Waals surface area contributed by atoms with Crippen molar-refractivity contribution in [3.63, 3.8) is 0 Å². The Kier molecular flexibility index (Phi) is 2.98. The first-order chi connectivity index (χ1) is 6.42. The van der Waals surface area contributed by atoms with Gasteiger partial charge in [0.05, 0.1) is 5.41 Å². The molecule has 3 heteroatoms. The highest BCUT2D eigenvalue weighted by Crippen LogP contribution is 2.51. The summed E-state index contributed by atoms with van der Waals surface area (Å²) in [6, 6.07) is 0. The highest BCUT2D eigenvalue weighted by atomic mass is 16.4. The Balaban J connectivity index is 2.75. The van der Waals surface area contributed by atoms with Gasteiger partial charge in [-0.2, -0.15) is 0 Å². The predicted molar refractivity (Wildman–Crippen MR) is 53.0 cm³/mol. The summed E-state index contributed by atoms with van der Waals surface area (Å²) < 4.78 is 0. The Bertz CT molecular complexity index is 245. The average molecular weight is 198 g/mol. The molecule has 14 heavy (non-hydrogen) atoms. The molecular weight excluding hydrogens is 180 g/mol. The molecule has 0 bridgehead atoms. The van der Waals surface area contributed by atoms with Crippen LogP contribution in [0.4, 0.5) is 0 Å². The second-order valence-corrected chi connectivity index (χ2v) is 5.13. The lowest BCUT2D eigenvalue weighted by Gasteiger charge is -2.25. The molecule has 1 aliphatic rings. The van der Waals surface area contributed by atoms with Gasteiger partial charge in [0.1, 0.15) is 6.29 Å². The van der Waals surface area contributed by atoms with E-state index in [1.165, 1.54) is 0 Å². The number of carboxylic acids is 1. The van der Waals surface area contributed by atoms with Gasteiger partial charge in [-0.25, -0.2) is 0 Å². The largest absolute Gasteiger partial charge is 0.481 e. The molecule has 1 unspecified atom stereocenters. The van der Waals surface area contributed by atoms with Crippen molar-refractivity contribution >= 4 is 12.3 Å². The van der Waals surface area contributed by atoms with E-state index in [9.17, 15) is 14.7 Å². The summed E-state index contributed by atoms with van der Waals surface area (Å²) in [6.07, 6.45) is 4.03. The second-order valence-electron chi connectivity index (χ2n) is 5.13. The number of hydrogen-bond acceptors (Lipinski definition) is 2. The fourth-order valence-corrected chi connectivity index (χ4v) is 2.51. The monoisotopic (exact) mass is 198 g/mol. The van der Waals surface area contributed by atoms with Crippen LogP contribution in [0.15, 0.2) is 0 Å². The quantitative estimate of drug-likeness (QED) is 0.705. The summed E-state index contributed by atoms with van der Waals surface area (Å²) in [4.78, 5) is 21.5. The molecule has 0 spiro atoms. The Morgan fingerprint density at radius 3 is 2.43 bits per heavy atom. The van der Waals surface area contributed by atoms with E-state index >= 15 is 0 Å². The van der Waals surface area contributed by atoms with Crippen molar-refractivity contribution in [3.05, 3.63) is 0 Å². The molecule has 0 aromatic heterocycles. The highest BCUT2D eigenvalue weighted by Gasteiger charge is 2.47. The maximum atomic E-state index is 11.2. The van der Waals surface area contributed by atoms with Gasteiger partial charge in [0.2, 0.25) is 0 Å². The van der Waals surface area contributed by atoms with E-state index in [4.69, 9.17) is 0 Å². The number of aliphatic carboxylic acids is 1. The van der Waals surface area contributed by atoms with E-state index in [1.54, 1.807) is 0 Å². The summed E-state index contributed by atoms with van der Waals surface area (Å²) in [7, 11) is 0. The van der Waals surface area contributed by atoms with Crippen molar-refractivity contribution in [2.75, 3.05) is 0 Å². The van der Waals surface area contributed by atoms with Crippen LogP contribution in [-0.4, -0.2) is 17.4 Å². The molecule has 1 N–H and O–H groups in total. The number of hydrogen-bond donors (Lipinski definition) is 1. The number of rotatable bonds is 4. The molecule has 80 valence electrons. The molecule has 0 saturated heterocycles. The van der Waals surface area contributed by atoms with E-state index < -0.39 is 11.4 Å². The fourth-order valence-electron chi connectivity index (χ4n) is 2.51. The summed E-state index contributed by atoms with van der Waals surface area (Å²) >= 11 is 0. The van der Waals surface area contributed by atoms with Crippen LogP contribution in [0.5, 0.6) is 0 Å². The highest BCUT2D eigenvalue weighted by molar-refractivity contribution is 5.75. The van der Waals surface area contributed by atoms with E-state index in [-0.39, 0.29) is 5.41 Å². The van der Waals surface area contributed by atoms with Gasteiger partial charge in [-0.15, -0.1) is 0 Å². The zero-order chi connectivity index (χ0) is 10.8. The molecule has 1 fully saturated rings. The smallest absolute Gasteiger partial charge is 0.309 e. The Morgan fingerprint density at radius 2 is 2.07 bits per heavy atom. The van der Waals surface area contributed by atoms with Gasteiger partial charge in [-0.3, -0.25) is 4.79 Å². The van der Waals surface area contributed by atoms with E-state index in [0.717, 1.165) is 12.7 Å². The molecule has 0 aliphatic heterocycles. The fraction of sp³-hybridized carbons (Fsp3) is 0.818. The first-order valence-corrected chi connectivity index (χ1v) is 5.09. The zero-order valence-electron chi connectivity index (χ0n) is 8.88. The molecule has 1 atom stereocenters. The second kappa shape index (κ2) is 3.71. The third-order valence-electron chi connectivity index (χ3n) is 3.29. The Morgan fingerprint density at radius 1 is 1.43 bits per heavy atom. The maximum absolute atomic E-state index is 11.2. The lowest BCUT2D eigenvalue weighted by atomic mass is 9.78. The van der Waals surface area contributed by atoms with Crippen LogP contribution in [0.25, 0.3) is 0 Å². The van der Waals surface area contributed by atoms with E-state index in [2.05, 4.69) is 13.8 Å². The van der Waals surface area contributed by atoms with Crippen LogP contribution in [0.2, 0.25) is 0 Å². The van der Waals surface area contributed by atoms with Crippen LogP contribution >= 0.6 is 0 Å². The van der Waals surface area contributed by atoms with Gasteiger partial charge in [0.25, 0.3) is 0 Å². The van der Waals surface area contributed by atoms with Gasteiger partial charge < -0.3 is 9.90 Å². The Labute approximate surface area is 84.5 Å². The average Bonchev–Trinajstić information content (AvgIpc) is 2.40. The minimum Gasteiger partial charge on any atom is -0.481 e. The van der Waals surface area contributed by atoms with Crippen molar-refractivity contribution in [3.8, 4) is 0 Å². The molecule has 0 heterocycles. The van der Waals surface area contributed by atoms with Gasteiger partial charge in [0, 0.05) is 6.42 Å². The molecule has 3 nitrogen and oxygen atoms in total. The standard InChI is InChI=1S/C11H18O3/c1-10(2)5-6-11(8-10,9(13)14)4-3-7-12/h7H,3-6,8H2,1-2H3,(H,13,14). The van der Waals surface area contributed by atoms with Gasteiger partial charge in [-0.1, -0.05) is 13.8 Å². The molecule has 0 radical (unpaired) electrons. The van der Waals surface area contributed by atoms with Gasteiger partial charge in [-0.05, 0) is 31.1 Å². The lowest BCUT2D eigenvalue weighted by Crippen LogP contribution is -2.29. The molecular formula is C11H18O3. The molecule has 1 aliphatic carbocycles. The zero-order valence-corrected chi connectivity index (χ0v) is 8.88. The lowest BCUT2D eigenvalue weighted by molar-refractivity contribution is -0.149. The molecule has 0 aromatic carbocycles. The van der Waals surface area contributed by atoms with Crippen molar-refractivity contribution < 1.29 is 14.7 Å². The van der Waals surface area contributed by atoms with Crippen molar-refractivity contribution in [1.29, 1.82) is 0 Å². The third-order valence-corrected chi connectivity index (χ3v) is 3.29. The van der Waals surface area contributed by atoms with Crippen molar-refractivity contribution in [2.24, 2.45) is 10.8 Å². The minimum atomic E-state index is -0.732. The van der Waals surface area contributed by atoms with Crippen LogP contribution in [-0.2, 0) is 9.59 Å². The molecule has 0 aromatic rings. The summed E-state index contributed by atoms with van der Waals surface area (Å²) in [5.41, 5.74) is -0.522. The predicted octanol–water partition coefficient (Wildman–Crippen LogP) is 2.25. The topological polar surface area (TPSA) is 54.4 Å². The summed E-state index contributed by atoms with van der Waals surface area (Å²) in [5.74, 6) is -0.732. The van der Waals surface area contributed by atoms with Crippen LogP contribution < -0.4 is 0 Å². The molecule has 0 amide bonds. The first kappa shape index (κ1) is 11.2. The SMILES string of the molecule is CC1(C)CCC(CCC=O)(C(=O)O)C1. The first-order valence-electron chi connectivity index (χ1n) is 5.09. The number of carboxylic acid groups (broad SMARTS) is 1. The van der Waals surface area contributed by atoms with Crippen molar-refractivity contribution in [2.45, 2.75) is 46.0 Å². The summed E-state index contributed by atoms with van der Waals surface area (Å²) in [6.45, 7) is 4.19. The van der Waals surface area contributed by atoms with Crippen molar-refractivity contribution in [1.82, 2.24) is 0 Å². The maximum Gasteiger partial charge on any atom is 0.309 e. The number of aldehydes is 1. The van der Waals surface area contributed by atoms with Gasteiger partial charge in [0.15, 0.2) is 0 Å². The number of carbonyl (C=O) groups excluding carboxylic acids is 1. The number of carbonyl (C=O) groups is 2. The van der Waals surface area contributed by atoms with E-state index in [0.29, 0.717) is 25.7 Å². The van der Waals surface area contributed by atoms with E-state index in [1.807, 2.05) is 0 Å². The van der Waals surface area contributed by atoms with Crippen LogP contribution in [0.3, 0.4) is 0 Å².